The van der Waals surface area contributed by atoms with Crippen LogP contribution in [0.25, 0.3) is 6.08 Å². The molecule has 2 rings (SSSR count). The van der Waals surface area contributed by atoms with Gasteiger partial charge in [0.25, 0.3) is 5.69 Å². The maximum atomic E-state index is 12.1. The van der Waals surface area contributed by atoms with Crippen molar-refractivity contribution in [2.45, 2.75) is 46.4 Å². The standard InChI is InChI=1S/C19H27N3O5/c1-13(2)21(14(3)4)8-7-20-18(23)6-5-15-9-17(22(24)25)10-16-11-26-12-27-19(15)16/h5-6,9-10,13-14H,7-8,11-12H2,1-4H3,(H,20,23)/b6-5-. The first-order chi connectivity index (χ1) is 12.8. The number of nitrogens with one attached hydrogen (secondary N) is 1. The Balaban J connectivity index is 2.03. The molecular weight excluding hydrogens is 350 g/mol. The zero-order valence-corrected chi connectivity index (χ0v) is 16.2. The van der Waals surface area contributed by atoms with Gasteiger partial charge in [-0.05, 0) is 33.8 Å². The zero-order valence-electron chi connectivity index (χ0n) is 16.2. The molecule has 1 amide bonds. The second-order valence-corrected chi connectivity index (χ2v) is 6.94. The molecule has 0 aliphatic carbocycles. The molecule has 8 nitrogen and oxygen atoms in total. The van der Waals surface area contributed by atoms with Gasteiger partial charge in [0.1, 0.15) is 5.75 Å². The molecule has 0 bridgehead atoms. The number of nitro groups is 1. The summed E-state index contributed by atoms with van der Waals surface area (Å²) >= 11 is 0. The Morgan fingerprint density at radius 1 is 1.33 bits per heavy atom. The third-order valence-electron chi connectivity index (χ3n) is 4.34. The lowest BCUT2D eigenvalue weighted by atomic mass is 10.1. The van der Waals surface area contributed by atoms with Gasteiger partial charge in [0.05, 0.1) is 11.5 Å². The SMILES string of the molecule is CC(C)N(CCNC(=O)/C=C\c1cc([N+](=O)[O-])cc2c1OCOC2)C(C)C. The molecule has 0 fully saturated rings. The van der Waals surface area contributed by atoms with Crippen LogP contribution in [-0.2, 0) is 16.1 Å². The molecular formula is C19H27N3O5. The minimum absolute atomic E-state index is 0.0626. The summed E-state index contributed by atoms with van der Waals surface area (Å²) in [4.78, 5) is 25.0. The number of hydrogen-bond donors (Lipinski definition) is 1. The van der Waals surface area contributed by atoms with Gasteiger partial charge in [-0.2, -0.15) is 0 Å². The number of carbonyl (C=O) groups is 1. The van der Waals surface area contributed by atoms with Crippen LogP contribution >= 0.6 is 0 Å². The van der Waals surface area contributed by atoms with Crippen LogP contribution < -0.4 is 10.1 Å². The molecule has 0 atom stereocenters. The zero-order chi connectivity index (χ0) is 20.0. The van der Waals surface area contributed by atoms with Gasteiger partial charge in [0, 0.05) is 54.5 Å². The van der Waals surface area contributed by atoms with Crippen LogP contribution in [0.1, 0.15) is 38.8 Å². The summed E-state index contributed by atoms with van der Waals surface area (Å²) in [7, 11) is 0. The van der Waals surface area contributed by atoms with E-state index in [9.17, 15) is 14.9 Å². The molecule has 1 aromatic carbocycles. The highest BCUT2D eigenvalue weighted by atomic mass is 16.7. The molecule has 1 aliphatic heterocycles. The minimum atomic E-state index is -0.473. The van der Waals surface area contributed by atoms with Crippen LogP contribution in [0.15, 0.2) is 18.2 Å². The van der Waals surface area contributed by atoms with Gasteiger partial charge in [-0.15, -0.1) is 0 Å². The lowest BCUT2D eigenvalue weighted by molar-refractivity contribution is -0.385. The van der Waals surface area contributed by atoms with Crippen LogP contribution in [0.4, 0.5) is 5.69 Å². The highest BCUT2D eigenvalue weighted by Gasteiger charge is 2.20. The maximum Gasteiger partial charge on any atom is 0.270 e. The Hall–Kier alpha value is -2.45. The van der Waals surface area contributed by atoms with Crippen molar-refractivity contribution >= 4 is 17.7 Å². The van der Waals surface area contributed by atoms with Gasteiger partial charge in [-0.25, -0.2) is 0 Å². The second kappa shape index (κ2) is 9.48. The molecule has 0 unspecified atom stereocenters. The van der Waals surface area contributed by atoms with E-state index in [4.69, 9.17) is 9.47 Å². The maximum absolute atomic E-state index is 12.1. The van der Waals surface area contributed by atoms with Gasteiger partial charge in [-0.1, -0.05) is 0 Å². The van der Waals surface area contributed by atoms with Crippen LogP contribution in [0.2, 0.25) is 0 Å². The highest BCUT2D eigenvalue weighted by Crippen LogP contribution is 2.33. The molecule has 1 aliphatic rings. The van der Waals surface area contributed by atoms with Gasteiger partial charge in [-0.3, -0.25) is 19.8 Å². The van der Waals surface area contributed by atoms with Crippen LogP contribution in [0.3, 0.4) is 0 Å². The third-order valence-corrected chi connectivity index (χ3v) is 4.34. The number of nitro benzene ring substituents is 1. The first-order valence-electron chi connectivity index (χ1n) is 9.03. The van der Waals surface area contributed by atoms with Gasteiger partial charge >= 0.3 is 0 Å². The van der Waals surface area contributed by atoms with E-state index in [0.717, 1.165) is 6.54 Å². The fraction of sp³-hybridized carbons (Fsp3) is 0.526. The van der Waals surface area contributed by atoms with Crippen molar-refractivity contribution in [1.29, 1.82) is 0 Å². The second-order valence-electron chi connectivity index (χ2n) is 6.94. The van der Waals surface area contributed by atoms with E-state index >= 15 is 0 Å². The Kier molecular flexibility index (Phi) is 7.32. The van der Waals surface area contributed by atoms with Gasteiger partial charge in [0.15, 0.2) is 6.79 Å². The lowest BCUT2D eigenvalue weighted by Crippen LogP contribution is -2.42. The predicted molar refractivity (Wildman–Crippen MR) is 102 cm³/mol. The monoisotopic (exact) mass is 377 g/mol. The number of benzene rings is 1. The van der Waals surface area contributed by atoms with Crippen molar-refractivity contribution in [3.05, 3.63) is 39.4 Å². The van der Waals surface area contributed by atoms with Gasteiger partial charge in [0.2, 0.25) is 5.91 Å². The molecule has 0 aromatic heterocycles. The summed E-state index contributed by atoms with van der Waals surface area (Å²) in [6.45, 7) is 10.1. The van der Waals surface area contributed by atoms with E-state index in [0.29, 0.717) is 35.5 Å². The fourth-order valence-corrected chi connectivity index (χ4v) is 3.11. The smallest absolute Gasteiger partial charge is 0.270 e. The molecule has 27 heavy (non-hydrogen) atoms. The first-order valence-corrected chi connectivity index (χ1v) is 9.03. The van der Waals surface area contributed by atoms with E-state index in [1.807, 2.05) is 0 Å². The number of rotatable bonds is 8. The summed E-state index contributed by atoms with van der Waals surface area (Å²) in [5.41, 5.74) is 1.02. The van der Waals surface area contributed by atoms with Crippen LogP contribution in [0, 0.1) is 10.1 Å². The lowest BCUT2D eigenvalue weighted by Gasteiger charge is -2.30. The summed E-state index contributed by atoms with van der Waals surface area (Å²) in [6, 6.07) is 3.62. The quantitative estimate of drug-likeness (QED) is 0.425. The third kappa shape index (κ3) is 5.77. The van der Waals surface area contributed by atoms with E-state index in [1.165, 1.54) is 24.3 Å². The molecule has 1 N–H and O–H groups in total. The minimum Gasteiger partial charge on any atom is -0.467 e. The Labute approximate surface area is 159 Å². The molecule has 1 aromatic rings. The number of amides is 1. The average Bonchev–Trinajstić information content (AvgIpc) is 2.62. The number of fused-ring (bicyclic) bond motifs is 1. The van der Waals surface area contributed by atoms with E-state index in [-0.39, 0.29) is 25.0 Å². The molecule has 8 heteroatoms. The molecule has 0 saturated heterocycles. The number of carbonyl (C=O) groups excluding carboxylic acids is 1. The Morgan fingerprint density at radius 3 is 2.67 bits per heavy atom. The number of ether oxygens (including phenoxy) is 2. The number of hydrogen-bond acceptors (Lipinski definition) is 6. The Morgan fingerprint density at radius 2 is 2.04 bits per heavy atom. The highest BCUT2D eigenvalue weighted by molar-refractivity contribution is 5.92. The van der Waals surface area contributed by atoms with Gasteiger partial charge < -0.3 is 14.8 Å². The topological polar surface area (TPSA) is 93.9 Å². The summed E-state index contributed by atoms with van der Waals surface area (Å²) < 4.78 is 10.6. The van der Waals surface area contributed by atoms with Crippen molar-refractivity contribution in [3.63, 3.8) is 0 Å². The van der Waals surface area contributed by atoms with Crippen molar-refractivity contribution in [3.8, 4) is 5.75 Å². The molecule has 1 heterocycles. The molecule has 0 radical (unpaired) electrons. The summed E-state index contributed by atoms with van der Waals surface area (Å²) in [5.74, 6) is 0.261. The first kappa shape index (κ1) is 20.9. The van der Waals surface area contributed by atoms with Crippen LogP contribution in [0.5, 0.6) is 5.75 Å². The van der Waals surface area contributed by atoms with Crippen molar-refractivity contribution in [2.24, 2.45) is 0 Å². The summed E-state index contributed by atoms with van der Waals surface area (Å²) in [5, 5.41) is 14.0. The normalized spacial score (nSPS) is 13.9. The summed E-state index contributed by atoms with van der Waals surface area (Å²) in [6.07, 6.45) is 2.91. The van der Waals surface area contributed by atoms with Crippen molar-refractivity contribution in [2.75, 3.05) is 19.9 Å². The predicted octanol–water partition coefficient (Wildman–Crippen LogP) is 2.71. The molecule has 0 spiro atoms. The van der Waals surface area contributed by atoms with Crippen molar-refractivity contribution in [1.82, 2.24) is 10.2 Å². The average molecular weight is 377 g/mol. The number of non-ortho nitro benzene ring substituents is 1. The molecule has 148 valence electrons. The Bertz CT molecular complexity index is 708. The van der Waals surface area contributed by atoms with E-state index in [1.54, 1.807) is 0 Å². The largest absolute Gasteiger partial charge is 0.467 e. The van der Waals surface area contributed by atoms with E-state index in [2.05, 4.69) is 37.9 Å². The molecule has 0 saturated carbocycles. The van der Waals surface area contributed by atoms with Crippen LogP contribution in [-0.4, -0.2) is 47.7 Å². The van der Waals surface area contributed by atoms with E-state index < -0.39 is 4.92 Å². The fourth-order valence-electron chi connectivity index (χ4n) is 3.11. The van der Waals surface area contributed by atoms with Crippen molar-refractivity contribution < 1.29 is 19.2 Å². The number of nitrogens with zero attached hydrogens (tertiary/aromatic N) is 2.